The maximum Gasteiger partial charge on any atom is 0.341 e. The summed E-state index contributed by atoms with van der Waals surface area (Å²) in [6, 6.07) is 5.03. The van der Waals surface area contributed by atoms with Crippen molar-refractivity contribution in [2.75, 3.05) is 25.6 Å². The highest BCUT2D eigenvalue weighted by Gasteiger charge is 2.40. The summed E-state index contributed by atoms with van der Waals surface area (Å²) in [5, 5.41) is 2.92. The van der Waals surface area contributed by atoms with Crippen LogP contribution < -0.4 is 10.1 Å². The van der Waals surface area contributed by atoms with Gasteiger partial charge in [-0.25, -0.2) is 4.79 Å². The number of carbonyl (C=O) groups excluding carboxylic acids is 2. The topological polar surface area (TPSA) is 73.9 Å². The molecule has 0 radical (unpaired) electrons. The number of methoxy groups -OCH3 is 1. The van der Waals surface area contributed by atoms with Crippen LogP contribution in [0.4, 0.5) is 5.69 Å². The molecule has 1 amide bonds. The summed E-state index contributed by atoms with van der Waals surface area (Å²) in [6.45, 7) is 6.94. The molecule has 1 N–H and O–H groups in total. The Labute approximate surface area is 161 Å². The zero-order valence-electron chi connectivity index (χ0n) is 16.8. The van der Waals surface area contributed by atoms with Crippen molar-refractivity contribution in [1.29, 1.82) is 0 Å². The van der Waals surface area contributed by atoms with Gasteiger partial charge in [0.05, 0.1) is 13.7 Å². The van der Waals surface area contributed by atoms with Crippen LogP contribution in [0.25, 0.3) is 0 Å². The molecule has 6 heteroatoms. The summed E-state index contributed by atoms with van der Waals surface area (Å²) in [5.41, 5.74) is 0.0395. The fourth-order valence-electron chi connectivity index (χ4n) is 3.34. The Hall–Kier alpha value is -2.08. The van der Waals surface area contributed by atoms with Crippen LogP contribution in [0.1, 0.15) is 63.2 Å². The van der Waals surface area contributed by atoms with E-state index in [0.29, 0.717) is 49.0 Å². The fourth-order valence-corrected chi connectivity index (χ4v) is 3.34. The van der Waals surface area contributed by atoms with Crippen molar-refractivity contribution in [2.24, 2.45) is 5.92 Å². The lowest BCUT2D eigenvalue weighted by molar-refractivity contribution is -0.145. The molecule has 0 unspecified atom stereocenters. The lowest BCUT2D eigenvalue weighted by Crippen LogP contribution is -2.47. The zero-order chi connectivity index (χ0) is 19.9. The van der Waals surface area contributed by atoms with Crippen molar-refractivity contribution in [1.82, 2.24) is 0 Å². The molecule has 0 atom stereocenters. The lowest BCUT2D eigenvalue weighted by Gasteiger charge is -2.35. The summed E-state index contributed by atoms with van der Waals surface area (Å²) >= 11 is 0. The molecule has 6 nitrogen and oxygen atoms in total. The molecule has 0 saturated heterocycles. The first-order chi connectivity index (χ1) is 12.9. The number of nitrogens with one attached hydrogen (secondary N) is 1. The first-order valence-corrected chi connectivity index (χ1v) is 9.72. The van der Waals surface area contributed by atoms with Crippen LogP contribution in [0.5, 0.6) is 5.75 Å². The van der Waals surface area contributed by atoms with Crippen molar-refractivity contribution in [3.05, 3.63) is 23.8 Å². The first kappa shape index (κ1) is 21.2. The Morgan fingerprint density at radius 2 is 1.89 bits per heavy atom. The molecule has 0 aromatic heterocycles. The molecule has 0 bridgehead atoms. The van der Waals surface area contributed by atoms with Gasteiger partial charge in [-0.2, -0.15) is 0 Å². The van der Waals surface area contributed by atoms with Crippen LogP contribution in [0.3, 0.4) is 0 Å². The third kappa shape index (κ3) is 5.45. The lowest BCUT2D eigenvalue weighted by atomic mass is 9.83. The number of esters is 1. The largest absolute Gasteiger partial charge is 0.492 e. The van der Waals surface area contributed by atoms with Gasteiger partial charge in [0.15, 0.2) is 0 Å². The Morgan fingerprint density at radius 3 is 2.48 bits per heavy atom. The Balaban J connectivity index is 2.22. The second-order valence-corrected chi connectivity index (χ2v) is 7.35. The summed E-state index contributed by atoms with van der Waals surface area (Å²) in [6.07, 6.45) is 4.50. The predicted octanol–water partition coefficient (Wildman–Crippen LogP) is 4.19. The van der Waals surface area contributed by atoms with Crippen LogP contribution in [0.15, 0.2) is 18.2 Å². The van der Waals surface area contributed by atoms with Crippen LogP contribution >= 0.6 is 0 Å². The van der Waals surface area contributed by atoms with Crippen LogP contribution in [0.2, 0.25) is 0 Å². The minimum absolute atomic E-state index is 0.157. The third-order valence-electron chi connectivity index (χ3n) is 4.71. The van der Waals surface area contributed by atoms with E-state index < -0.39 is 11.6 Å². The molecule has 1 aromatic rings. The van der Waals surface area contributed by atoms with E-state index >= 15 is 0 Å². The van der Waals surface area contributed by atoms with E-state index in [2.05, 4.69) is 5.32 Å². The van der Waals surface area contributed by atoms with Gasteiger partial charge in [-0.15, -0.1) is 0 Å². The minimum atomic E-state index is -0.786. The van der Waals surface area contributed by atoms with E-state index in [0.717, 1.165) is 19.3 Å². The van der Waals surface area contributed by atoms with Gasteiger partial charge in [0, 0.05) is 12.3 Å². The first-order valence-electron chi connectivity index (χ1n) is 9.72. The van der Waals surface area contributed by atoms with Gasteiger partial charge < -0.3 is 19.5 Å². The highest BCUT2D eigenvalue weighted by Crippen LogP contribution is 2.33. The standard InChI is InChI=1S/C21H31NO5/c1-5-27-21(11-7-6-8-12-21)20(24)22-16-9-10-18(26-14-15(2)3)17(13-16)19(23)25-4/h9-10,13,15H,5-8,11-12,14H2,1-4H3,(H,22,24). The molecule has 1 aliphatic carbocycles. The normalized spacial score (nSPS) is 16.0. The van der Waals surface area contributed by atoms with E-state index in [1.807, 2.05) is 20.8 Å². The van der Waals surface area contributed by atoms with Gasteiger partial charge in [0.25, 0.3) is 5.91 Å². The van der Waals surface area contributed by atoms with Crippen LogP contribution in [0, 0.1) is 5.92 Å². The van der Waals surface area contributed by atoms with Gasteiger partial charge in [-0.3, -0.25) is 4.79 Å². The zero-order valence-corrected chi connectivity index (χ0v) is 16.8. The molecule has 0 spiro atoms. The number of rotatable bonds is 8. The van der Waals surface area contributed by atoms with Gasteiger partial charge in [-0.1, -0.05) is 33.1 Å². The second kappa shape index (κ2) is 9.74. The number of benzene rings is 1. The molecular weight excluding hydrogens is 346 g/mol. The van der Waals surface area contributed by atoms with Crippen molar-refractivity contribution in [3.63, 3.8) is 0 Å². The summed E-state index contributed by atoms with van der Waals surface area (Å²) in [5.74, 6) is 0.121. The Morgan fingerprint density at radius 1 is 1.19 bits per heavy atom. The third-order valence-corrected chi connectivity index (χ3v) is 4.71. The fraction of sp³-hybridized carbons (Fsp3) is 0.619. The van der Waals surface area contributed by atoms with E-state index in [1.165, 1.54) is 7.11 Å². The van der Waals surface area contributed by atoms with Gasteiger partial charge in [-0.05, 0) is 43.9 Å². The summed E-state index contributed by atoms with van der Waals surface area (Å²) in [7, 11) is 1.33. The van der Waals surface area contributed by atoms with Gasteiger partial charge in [0.2, 0.25) is 0 Å². The maximum atomic E-state index is 12.9. The Kier molecular flexibility index (Phi) is 7.66. The molecule has 1 aromatic carbocycles. The van der Waals surface area contributed by atoms with Crippen LogP contribution in [-0.2, 0) is 14.3 Å². The average Bonchev–Trinajstić information content (AvgIpc) is 2.67. The molecule has 150 valence electrons. The van der Waals surface area contributed by atoms with Gasteiger partial charge in [0.1, 0.15) is 16.9 Å². The molecule has 1 saturated carbocycles. The van der Waals surface area contributed by atoms with E-state index in [4.69, 9.17) is 14.2 Å². The summed E-state index contributed by atoms with van der Waals surface area (Å²) < 4.78 is 16.4. The van der Waals surface area contributed by atoms with Crippen LogP contribution in [-0.4, -0.2) is 37.8 Å². The number of hydrogen-bond acceptors (Lipinski definition) is 5. The predicted molar refractivity (Wildman–Crippen MR) is 104 cm³/mol. The quantitative estimate of drug-likeness (QED) is 0.688. The highest BCUT2D eigenvalue weighted by molar-refractivity contribution is 5.99. The molecule has 1 aliphatic rings. The number of carbonyl (C=O) groups is 2. The van der Waals surface area contributed by atoms with E-state index in [9.17, 15) is 9.59 Å². The molecule has 1 fully saturated rings. The van der Waals surface area contributed by atoms with Crippen molar-refractivity contribution in [2.45, 2.75) is 58.5 Å². The number of ether oxygens (including phenoxy) is 3. The maximum absolute atomic E-state index is 12.9. The monoisotopic (exact) mass is 377 g/mol. The van der Waals surface area contributed by atoms with E-state index in [1.54, 1.807) is 18.2 Å². The smallest absolute Gasteiger partial charge is 0.341 e. The average molecular weight is 377 g/mol. The van der Waals surface area contributed by atoms with Gasteiger partial charge >= 0.3 is 5.97 Å². The molecule has 2 rings (SSSR count). The van der Waals surface area contributed by atoms with E-state index in [-0.39, 0.29) is 5.91 Å². The van der Waals surface area contributed by atoms with Crippen molar-refractivity contribution < 1.29 is 23.8 Å². The molecule has 0 aliphatic heterocycles. The SMILES string of the molecule is CCOC1(C(=O)Nc2ccc(OCC(C)C)c(C(=O)OC)c2)CCCCC1. The molecule has 27 heavy (non-hydrogen) atoms. The summed E-state index contributed by atoms with van der Waals surface area (Å²) in [4.78, 5) is 25.1. The molecular formula is C21H31NO5. The van der Waals surface area contributed by atoms with Crippen molar-refractivity contribution in [3.8, 4) is 5.75 Å². The molecule has 0 heterocycles. The number of amides is 1. The van der Waals surface area contributed by atoms with Crippen molar-refractivity contribution >= 4 is 17.6 Å². The number of hydrogen-bond donors (Lipinski definition) is 1. The Bertz CT molecular complexity index is 644. The highest BCUT2D eigenvalue weighted by atomic mass is 16.5. The second-order valence-electron chi connectivity index (χ2n) is 7.35. The number of anilines is 1. The minimum Gasteiger partial charge on any atom is -0.492 e.